The molecule has 1 nitrogen and oxygen atoms in total. The van der Waals surface area contributed by atoms with Gasteiger partial charge in [0.05, 0.1) is 0 Å². The van der Waals surface area contributed by atoms with Gasteiger partial charge in [-0.05, 0) is 26.2 Å². The molecule has 1 atom stereocenters. The molecule has 0 saturated carbocycles. The topological polar surface area (TPSA) is 3.24 Å². The lowest BCUT2D eigenvalue weighted by atomic mass is 10.00. The molecule has 1 saturated heterocycles. The summed E-state index contributed by atoms with van der Waals surface area (Å²) in [4.78, 5) is 2.17. The van der Waals surface area contributed by atoms with E-state index in [1.165, 1.54) is 0 Å². The Hall–Kier alpha value is -0.440. The molecule has 1 rings (SSSR count). The highest BCUT2D eigenvalue weighted by atomic mass is 19.3. The van der Waals surface area contributed by atoms with Crippen molar-refractivity contribution in [2.75, 3.05) is 6.54 Å². The van der Waals surface area contributed by atoms with Crippen LogP contribution in [-0.2, 0) is 0 Å². The molecule has 1 unspecified atom stereocenters. The second-order valence-electron chi connectivity index (χ2n) is 4.65. The fraction of sp³-hybridized carbons (Fsp3) is 0.818. The van der Waals surface area contributed by atoms with E-state index in [4.69, 9.17) is 0 Å². The largest absolute Gasteiger partial charge is 0.293 e. The lowest BCUT2D eigenvalue weighted by Crippen LogP contribution is -2.38. The van der Waals surface area contributed by atoms with Crippen molar-refractivity contribution in [3.63, 3.8) is 0 Å². The number of hydrogen-bond donors (Lipinski definition) is 0. The maximum absolute atomic E-state index is 12.5. The number of hydrogen-bond acceptors (Lipinski definition) is 1. The molecular weight excluding hydrogens is 184 g/mol. The van der Waals surface area contributed by atoms with Crippen molar-refractivity contribution in [1.29, 1.82) is 0 Å². The van der Waals surface area contributed by atoms with Gasteiger partial charge in [0.25, 0.3) is 6.08 Å². The SMILES string of the molecule is CC(C)C1CC(=C(F)F)CN1C(C)C. The summed E-state index contributed by atoms with van der Waals surface area (Å²) >= 11 is 0. The second kappa shape index (κ2) is 4.39. The van der Waals surface area contributed by atoms with E-state index in [1.54, 1.807) is 0 Å². The van der Waals surface area contributed by atoms with E-state index in [0.29, 0.717) is 30.5 Å². The molecule has 3 heteroatoms. The van der Waals surface area contributed by atoms with Crippen molar-refractivity contribution >= 4 is 0 Å². The van der Waals surface area contributed by atoms with Gasteiger partial charge in [-0.3, -0.25) is 4.90 Å². The van der Waals surface area contributed by atoms with Gasteiger partial charge in [0.15, 0.2) is 0 Å². The Morgan fingerprint density at radius 1 is 1.29 bits per heavy atom. The maximum atomic E-state index is 12.5. The van der Waals surface area contributed by atoms with Gasteiger partial charge in [-0.2, -0.15) is 8.78 Å². The molecule has 0 aromatic rings. The first-order chi connectivity index (χ1) is 6.43. The minimum atomic E-state index is -1.47. The Kier molecular flexibility index (Phi) is 3.65. The van der Waals surface area contributed by atoms with Gasteiger partial charge in [0.2, 0.25) is 0 Å². The first-order valence-electron chi connectivity index (χ1n) is 5.22. The number of nitrogens with zero attached hydrogens (tertiary/aromatic N) is 1. The standard InChI is InChI=1S/C11H19F2N/c1-7(2)10-5-9(11(12)13)6-14(10)8(3)4/h7-8,10H,5-6H2,1-4H3. The van der Waals surface area contributed by atoms with Gasteiger partial charge >= 0.3 is 0 Å². The molecule has 1 fully saturated rings. The van der Waals surface area contributed by atoms with Gasteiger partial charge in [-0.15, -0.1) is 0 Å². The van der Waals surface area contributed by atoms with Gasteiger partial charge in [0, 0.05) is 24.2 Å². The summed E-state index contributed by atoms with van der Waals surface area (Å²) in [5.41, 5.74) is 0.331. The quantitative estimate of drug-likeness (QED) is 0.665. The van der Waals surface area contributed by atoms with E-state index >= 15 is 0 Å². The van der Waals surface area contributed by atoms with Crippen LogP contribution in [0.5, 0.6) is 0 Å². The predicted octanol–water partition coefficient (Wildman–Crippen LogP) is 3.28. The van der Waals surface area contributed by atoms with E-state index in [9.17, 15) is 8.78 Å². The average molecular weight is 203 g/mol. The molecule has 1 aliphatic heterocycles. The van der Waals surface area contributed by atoms with E-state index in [0.717, 1.165) is 0 Å². The molecular formula is C11H19F2N. The molecule has 1 aliphatic rings. The third-order valence-corrected chi connectivity index (χ3v) is 2.96. The molecule has 0 aromatic carbocycles. The Labute approximate surface area is 84.8 Å². The number of rotatable bonds is 2. The average Bonchev–Trinajstić information content (AvgIpc) is 2.47. The van der Waals surface area contributed by atoms with Crippen LogP contribution in [0.15, 0.2) is 11.7 Å². The number of likely N-dealkylation sites (tertiary alicyclic amines) is 1. The molecule has 14 heavy (non-hydrogen) atoms. The molecule has 82 valence electrons. The van der Waals surface area contributed by atoms with Crippen LogP contribution in [0.1, 0.15) is 34.1 Å². The highest BCUT2D eigenvalue weighted by molar-refractivity contribution is 5.14. The zero-order valence-corrected chi connectivity index (χ0v) is 9.35. The van der Waals surface area contributed by atoms with Crippen LogP contribution in [0.25, 0.3) is 0 Å². The van der Waals surface area contributed by atoms with Crippen LogP contribution < -0.4 is 0 Å². The van der Waals surface area contributed by atoms with E-state index in [1.807, 2.05) is 0 Å². The Morgan fingerprint density at radius 3 is 2.14 bits per heavy atom. The summed E-state index contributed by atoms with van der Waals surface area (Å²) < 4.78 is 24.9. The fourth-order valence-electron chi connectivity index (χ4n) is 2.09. The van der Waals surface area contributed by atoms with Crippen molar-refractivity contribution < 1.29 is 8.78 Å². The predicted molar refractivity (Wildman–Crippen MR) is 54.3 cm³/mol. The van der Waals surface area contributed by atoms with Gasteiger partial charge in [-0.25, -0.2) is 0 Å². The zero-order chi connectivity index (χ0) is 10.9. The third kappa shape index (κ3) is 2.32. The lowest BCUT2D eigenvalue weighted by molar-refractivity contribution is 0.166. The molecule has 1 heterocycles. The summed E-state index contributed by atoms with van der Waals surface area (Å²) in [6.07, 6.45) is -0.933. The van der Waals surface area contributed by atoms with Crippen molar-refractivity contribution in [3.8, 4) is 0 Å². The van der Waals surface area contributed by atoms with E-state index < -0.39 is 6.08 Å². The van der Waals surface area contributed by atoms with Gasteiger partial charge < -0.3 is 0 Å². The van der Waals surface area contributed by atoms with Crippen LogP contribution >= 0.6 is 0 Å². The molecule has 0 spiro atoms. The van der Waals surface area contributed by atoms with Crippen LogP contribution in [0.3, 0.4) is 0 Å². The van der Waals surface area contributed by atoms with Gasteiger partial charge in [0.1, 0.15) is 0 Å². The van der Waals surface area contributed by atoms with Crippen LogP contribution in [-0.4, -0.2) is 23.5 Å². The van der Waals surface area contributed by atoms with Crippen LogP contribution in [0.4, 0.5) is 8.78 Å². The first-order valence-corrected chi connectivity index (χ1v) is 5.22. The molecule has 0 bridgehead atoms. The third-order valence-electron chi connectivity index (χ3n) is 2.96. The van der Waals surface area contributed by atoms with E-state index in [-0.39, 0.29) is 6.04 Å². The Bertz CT molecular complexity index is 211. The monoisotopic (exact) mass is 203 g/mol. The first kappa shape index (κ1) is 11.6. The van der Waals surface area contributed by atoms with E-state index in [2.05, 4.69) is 32.6 Å². The molecule has 0 amide bonds. The highest BCUT2D eigenvalue weighted by Gasteiger charge is 2.33. The van der Waals surface area contributed by atoms with Crippen molar-refractivity contribution in [3.05, 3.63) is 11.7 Å². The van der Waals surface area contributed by atoms with Crippen LogP contribution in [0, 0.1) is 5.92 Å². The Morgan fingerprint density at radius 2 is 1.86 bits per heavy atom. The summed E-state index contributed by atoms with van der Waals surface area (Å²) in [7, 11) is 0. The van der Waals surface area contributed by atoms with Crippen molar-refractivity contribution in [2.24, 2.45) is 5.92 Å². The number of halogens is 2. The summed E-state index contributed by atoms with van der Waals surface area (Å²) in [5, 5.41) is 0. The lowest BCUT2D eigenvalue weighted by Gasteiger charge is -2.30. The van der Waals surface area contributed by atoms with Gasteiger partial charge in [-0.1, -0.05) is 13.8 Å². The summed E-state index contributed by atoms with van der Waals surface area (Å²) in [5.74, 6) is 0.439. The fourth-order valence-corrected chi connectivity index (χ4v) is 2.09. The minimum Gasteiger partial charge on any atom is -0.293 e. The summed E-state index contributed by atoms with van der Waals surface area (Å²) in [6.45, 7) is 8.77. The normalized spacial score (nSPS) is 24.0. The highest BCUT2D eigenvalue weighted by Crippen LogP contribution is 2.31. The van der Waals surface area contributed by atoms with Crippen molar-refractivity contribution in [2.45, 2.75) is 46.2 Å². The smallest absolute Gasteiger partial charge is 0.270 e. The molecule has 0 aliphatic carbocycles. The van der Waals surface area contributed by atoms with Crippen LogP contribution in [0.2, 0.25) is 0 Å². The minimum absolute atomic E-state index is 0.284. The second-order valence-corrected chi connectivity index (χ2v) is 4.65. The maximum Gasteiger partial charge on any atom is 0.270 e. The molecule has 0 aromatic heterocycles. The Balaban J connectivity index is 2.81. The molecule has 0 N–H and O–H groups in total. The summed E-state index contributed by atoms with van der Waals surface area (Å²) in [6, 6.07) is 0.630. The van der Waals surface area contributed by atoms with Crippen molar-refractivity contribution in [1.82, 2.24) is 4.90 Å². The molecule has 0 radical (unpaired) electrons. The zero-order valence-electron chi connectivity index (χ0n) is 9.35.